The van der Waals surface area contributed by atoms with Crippen LogP contribution in [0.4, 0.5) is 0 Å². The first-order valence-corrected chi connectivity index (χ1v) is 7.04. The molecule has 2 aromatic rings. The van der Waals surface area contributed by atoms with Gasteiger partial charge in [0.15, 0.2) is 0 Å². The van der Waals surface area contributed by atoms with Crippen molar-refractivity contribution in [3.8, 4) is 0 Å². The molecule has 0 fully saturated rings. The van der Waals surface area contributed by atoms with Crippen LogP contribution in [0.5, 0.6) is 0 Å². The minimum absolute atomic E-state index is 0.567. The molecular formula is C16H20ClN. The van der Waals surface area contributed by atoms with E-state index in [1.807, 2.05) is 6.92 Å². The van der Waals surface area contributed by atoms with Crippen LogP contribution in [0.2, 0.25) is 5.02 Å². The molecule has 2 heteroatoms. The third kappa shape index (κ3) is 2.24. The summed E-state index contributed by atoms with van der Waals surface area (Å²) in [6.07, 6.45) is 2.07. The number of benzene rings is 1. The van der Waals surface area contributed by atoms with Crippen molar-refractivity contribution >= 4 is 22.5 Å². The largest absolute Gasteiger partial charge is 0.253 e. The molecule has 1 atom stereocenters. The molecule has 0 radical (unpaired) electrons. The lowest BCUT2D eigenvalue weighted by Gasteiger charge is -2.13. The van der Waals surface area contributed by atoms with Crippen molar-refractivity contribution in [3.63, 3.8) is 0 Å². The van der Waals surface area contributed by atoms with E-state index < -0.39 is 0 Å². The van der Waals surface area contributed by atoms with E-state index in [0.29, 0.717) is 5.92 Å². The highest BCUT2D eigenvalue weighted by atomic mass is 35.5. The van der Waals surface area contributed by atoms with E-state index in [-0.39, 0.29) is 0 Å². The Bertz CT molecular complexity index is 575. The topological polar surface area (TPSA) is 12.9 Å². The molecule has 2 rings (SSSR count). The number of aryl methyl sites for hydroxylation is 1. The molecular weight excluding hydrogens is 242 g/mol. The van der Waals surface area contributed by atoms with Crippen LogP contribution < -0.4 is 0 Å². The van der Waals surface area contributed by atoms with Crippen molar-refractivity contribution in [2.75, 3.05) is 0 Å². The molecule has 18 heavy (non-hydrogen) atoms. The summed E-state index contributed by atoms with van der Waals surface area (Å²) in [5, 5.41) is 1.97. The number of fused-ring (bicyclic) bond motifs is 1. The van der Waals surface area contributed by atoms with Gasteiger partial charge in [0.05, 0.1) is 10.5 Å². The van der Waals surface area contributed by atoms with Crippen LogP contribution in [0, 0.1) is 6.92 Å². The van der Waals surface area contributed by atoms with Crippen LogP contribution in [0.25, 0.3) is 10.9 Å². The molecule has 0 bridgehead atoms. The summed E-state index contributed by atoms with van der Waals surface area (Å²) < 4.78 is 0. The van der Waals surface area contributed by atoms with Crippen molar-refractivity contribution in [3.05, 3.63) is 40.0 Å². The van der Waals surface area contributed by atoms with Gasteiger partial charge < -0.3 is 0 Å². The van der Waals surface area contributed by atoms with Gasteiger partial charge in [0.25, 0.3) is 0 Å². The standard InChI is InChI=1S/C16H20ClN/c1-5-10(3)12-7-8-15-14(9-12)16(17)13(6-2)11(4)18-15/h7-10H,5-6H2,1-4H3. The monoisotopic (exact) mass is 261 g/mol. The number of hydrogen-bond acceptors (Lipinski definition) is 1. The zero-order valence-corrected chi connectivity index (χ0v) is 12.3. The average molecular weight is 262 g/mol. The highest BCUT2D eigenvalue weighted by Crippen LogP contribution is 2.31. The van der Waals surface area contributed by atoms with Crippen LogP contribution in [0.15, 0.2) is 18.2 Å². The molecule has 0 aliphatic carbocycles. The SMILES string of the molecule is CCc1c(C)nc2ccc(C(C)CC)cc2c1Cl. The Morgan fingerprint density at radius 2 is 2.00 bits per heavy atom. The summed E-state index contributed by atoms with van der Waals surface area (Å²) in [6, 6.07) is 6.47. The van der Waals surface area contributed by atoms with Crippen LogP contribution >= 0.6 is 11.6 Å². The molecule has 1 heterocycles. The van der Waals surface area contributed by atoms with E-state index in [2.05, 4.69) is 44.0 Å². The fraction of sp³-hybridized carbons (Fsp3) is 0.438. The smallest absolute Gasteiger partial charge is 0.0720 e. The lowest BCUT2D eigenvalue weighted by molar-refractivity contribution is 0.734. The van der Waals surface area contributed by atoms with Gasteiger partial charge in [0, 0.05) is 11.1 Å². The Morgan fingerprint density at radius 3 is 2.61 bits per heavy atom. The Kier molecular flexibility index (Phi) is 3.91. The Labute approximate surface area is 114 Å². The molecule has 1 aromatic carbocycles. The van der Waals surface area contributed by atoms with Gasteiger partial charge in [-0.25, -0.2) is 0 Å². The van der Waals surface area contributed by atoms with E-state index in [1.54, 1.807) is 0 Å². The summed E-state index contributed by atoms with van der Waals surface area (Å²) >= 11 is 6.53. The summed E-state index contributed by atoms with van der Waals surface area (Å²) in [6.45, 7) is 8.62. The average Bonchev–Trinajstić information content (AvgIpc) is 2.38. The number of rotatable bonds is 3. The Hall–Kier alpha value is -1.08. The van der Waals surface area contributed by atoms with E-state index in [1.165, 1.54) is 11.1 Å². The van der Waals surface area contributed by atoms with Gasteiger partial charge in [-0.2, -0.15) is 0 Å². The highest BCUT2D eigenvalue weighted by Gasteiger charge is 2.11. The zero-order chi connectivity index (χ0) is 13.3. The predicted octanol–water partition coefficient (Wildman–Crippen LogP) is 5.27. The van der Waals surface area contributed by atoms with Crippen LogP contribution in [0.3, 0.4) is 0 Å². The van der Waals surface area contributed by atoms with Gasteiger partial charge in [-0.1, -0.05) is 38.4 Å². The molecule has 0 amide bonds. The van der Waals surface area contributed by atoms with Crippen LogP contribution in [0.1, 0.15) is 49.9 Å². The second-order valence-electron chi connectivity index (χ2n) is 4.93. The fourth-order valence-corrected chi connectivity index (χ4v) is 2.77. The van der Waals surface area contributed by atoms with Gasteiger partial charge >= 0.3 is 0 Å². The maximum Gasteiger partial charge on any atom is 0.0720 e. The zero-order valence-electron chi connectivity index (χ0n) is 11.5. The summed E-state index contributed by atoms with van der Waals surface area (Å²) in [7, 11) is 0. The quantitative estimate of drug-likeness (QED) is 0.733. The van der Waals surface area contributed by atoms with E-state index in [4.69, 9.17) is 11.6 Å². The Balaban J connectivity index is 2.68. The second kappa shape index (κ2) is 5.27. The molecule has 0 saturated heterocycles. The first-order chi connectivity index (χ1) is 8.58. The fourth-order valence-electron chi connectivity index (χ4n) is 2.35. The van der Waals surface area contributed by atoms with Gasteiger partial charge in [-0.15, -0.1) is 0 Å². The molecule has 0 N–H and O–H groups in total. The van der Waals surface area contributed by atoms with Gasteiger partial charge in [0.1, 0.15) is 0 Å². The lowest BCUT2D eigenvalue weighted by Crippen LogP contribution is -1.97. The highest BCUT2D eigenvalue weighted by molar-refractivity contribution is 6.36. The first kappa shape index (κ1) is 13.4. The Morgan fingerprint density at radius 1 is 1.28 bits per heavy atom. The molecule has 0 spiro atoms. The number of pyridine rings is 1. The number of aromatic nitrogens is 1. The summed E-state index contributed by atoms with van der Waals surface area (Å²) in [5.74, 6) is 0.567. The van der Waals surface area contributed by atoms with Crippen LogP contribution in [-0.2, 0) is 6.42 Å². The van der Waals surface area contributed by atoms with Gasteiger partial charge in [-0.05, 0) is 48.9 Å². The first-order valence-electron chi connectivity index (χ1n) is 6.67. The number of nitrogens with zero attached hydrogens (tertiary/aromatic N) is 1. The van der Waals surface area contributed by atoms with Crippen molar-refractivity contribution in [2.45, 2.75) is 46.5 Å². The molecule has 1 nitrogen and oxygen atoms in total. The normalized spacial score (nSPS) is 12.9. The number of halogens is 1. The van der Waals surface area contributed by atoms with Crippen molar-refractivity contribution in [1.29, 1.82) is 0 Å². The molecule has 0 aliphatic rings. The maximum absolute atomic E-state index is 6.53. The van der Waals surface area contributed by atoms with Gasteiger partial charge in [-0.3, -0.25) is 4.98 Å². The molecule has 0 saturated carbocycles. The van der Waals surface area contributed by atoms with Crippen molar-refractivity contribution < 1.29 is 0 Å². The van der Waals surface area contributed by atoms with E-state index in [9.17, 15) is 0 Å². The minimum atomic E-state index is 0.567. The van der Waals surface area contributed by atoms with Crippen LogP contribution in [-0.4, -0.2) is 4.98 Å². The van der Waals surface area contributed by atoms with Gasteiger partial charge in [0.2, 0.25) is 0 Å². The molecule has 96 valence electrons. The number of hydrogen-bond donors (Lipinski definition) is 0. The second-order valence-corrected chi connectivity index (χ2v) is 5.31. The lowest BCUT2D eigenvalue weighted by atomic mass is 9.96. The van der Waals surface area contributed by atoms with Crippen molar-refractivity contribution in [1.82, 2.24) is 4.98 Å². The summed E-state index contributed by atoms with van der Waals surface area (Å²) in [4.78, 5) is 4.65. The summed E-state index contributed by atoms with van der Waals surface area (Å²) in [5.41, 5.74) is 4.57. The third-order valence-corrected chi connectivity index (χ3v) is 4.21. The minimum Gasteiger partial charge on any atom is -0.253 e. The van der Waals surface area contributed by atoms with Crippen molar-refractivity contribution in [2.24, 2.45) is 0 Å². The predicted molar refractivity (Wildman–Crippen MR) is 79.6 cm³/mol. The molecule has 1 unspecified atom stereocenters. The van der Waals surface area contributed by atoms with E-state index >= 15 is 0 Å². The third-order valence-electron chi connectivity index (χ3n) is 3.78. The molecule has 1 aromatic heterocycles. The maximum atomic E-state index is 6.53. The van der Waals surface area contributed by atoms with E-state index in [0.717, 1.165) is 34.5 Å². The molecule has 0 aliphatic heterocycles.